The summed E-state index contributed by atoms with van der Waals surface area (Å²) in [4.78, 5) is 11.7. The van der Waals surface area contributed by atoms with E-state index in [2.05, 4.69) is 0 Å². The average Bonchev–Trinajstić information content (AvgIpc) is 2.46. The van der Waals surface area contributed by atoms with Gasteiger partial charge in [-0.25, -0.2) is 26.7 Å². The molecule has 1 aromatic rings. The number of hydrogen-bond acceptors (Lipinski definition) is 2. The maximum atomic E-state index is 13.5. The highest BCUT2D eigenvalue weighted by Gasteiger charge is 2.32. The molecule has 0 N–H and O–H groups in total. The lowest BCUT2D eigenvalue weighted by molar-refractivity contribution is 0.0352. The Labute approximate surface area is 130 Å². The van der Waals surface area contributed by atoms with Gasteiger partial charge in [0.15, 0.2) is 23.3 Å². The number of allylic oxidation sites excluding steroid dienone is 1. The van der Waals surface area contributed by atoms with Crippen LogP contribution < -0.4 is 0 Å². The third kappa shape index (κ3) is 3.04. The van der Waals surface area contributed by atoms with Crippen LogP contribution in [-0.4, -0.2) is 12.1 Å². The zero-order valence-electron chi connectivity index (χ0n) is 10.4. The van der Waals surface area contributed by atoms with Crippen LogP contribution in [0.5, 0.6) is 0 Å². The van der Waals surface area contributed by atoms with Crippen LogP contribution in [0.15, 0.2) is 9.66 Å². The van der Waals surface area contributed by atoms with Crippen LogP contribution >= 0.6 is 22.6 Å². The molecule has 1 aliphatic carbocycles. The molecule has 1 aromatic carbocycles. The van der Waals surface area contributed by atoms with E-state index in [-0.39, 0.29) is 0 Å². The third-order valence-electron chi connectivity index (χ3n) is 2.98. The lowest BCUT2D eigenvalue weighted by Gasteiger charge is -2.21. The van der Waals surface area contributed by atoms with Gasteiger partial charge >= 0.3 is 5.97 Å². The summed E-state index contributed by atoms with van der Waals surface area (Å²) in [6.07, 6.45) is 2.94. The van der Waals surface area contributed by atoms with E-state index in [0.717, 1.165) is 6.42 Å². The number of hydrogen-bond donors (Lipinski definition) is 0. The van der Waals surface area contributed by atoms with Crippen LogP contribution in [0.1, 0.15) is 29.6 Å². The molecule has 0 bridgehead atoms. The molecule has 1 aliphatic rings. The first-order chi connectivity index (χ1) is 9.84. The standard InChI is InChI=1S/C13H8F5IO2/c14-8-7(9(15)11(17)12(18)10(8)16)13(20)21-6-4-2-1-3-5(6)19/h3,6H,1-2,4H2/t6-/m1/s1. The summed E-state index contributed by atoms with van der Waals surface area (Å²) in [6, 6.07) is 0. The van der Waals surface area contributed by atoms with E-state index in [1.54, 1.807) is 6.08 Å². The molecule has 2 nitrogen and oxygen atoms in total. The van der Waals surface area contributed by atoms with Gasteiger partial charge in [0.2, 0.25) is 5.82 Å². The normalized spacial score (nSPS) is 18.4. The van der Waals surface area contributed by atoms with Gasteiger partial charge in [0.1, 0.15) is 11.7 Å². The molecule has 0 unspecified atom stereocenters. The molecule has 2 rings (SSSR count). The number of carbonyl (C=O) groups is 1. The van der Waals surface area contributed by atoms with Gasteiger partial charge in [0.25, 0.3) is 0 Å². The summed E-state index contributed by atoms with van der Waals surface area (Å²) in [7, 11) is 0. The van der Waals surface area contributed by atoms with Gasteiger partial charge in [0.05, 0.1) is 0 Å². The van der Waals surface area contributed by atoms with Crippen molar-refractivity contribution in [2.45, 2.75) is 25.4 Å². The fourth-order valence-corrected chi connectivity index (χ4v) is 2.65. The van der Waals surface area contributed by atoms with Crippen molar-refractivity contribution in [3.8, 4) is 0 Å². The number of benzene rings is 1. The summed E-state index contributed by atoms with van der Waals surface area (Å²) in [5.41, 5.74) is -1.57. The smallest absolute Gasteiger partial charge is 0.345 e. The van der Waals surface area contributed by atoms with Crippen molar-refractivity contribution in [1.29, 1.82) is 0 Å². The number of esters is 1. The van der Waals surface area contributed by atoms with E-state index in [0.29, 0.717) is 16.4 Å². The molecule has 0 saturated heterocycles. The van der Waals surface area contributed by atoms with Crippen molar-refractivity contribution >= 4 is 28.6 Å². The minimum Gasteiger partial charge on any atom is -0.453 e. The maximum absolute atomic E-state index is 13.5. The molecule has 1 atom stereocenters. The van der Waals surface area contributed by atoms with Crippen molar-refractivity contribution in [2.24, 2.45) is 0 Å². The van der Waals surface area contributed by atoms with Crippen LogP contribution in [-0.2, 0) is 4.74 Å². The van der Waals surface area contributed by atoms with Gasteiger partial charge in [-0.2, -0.15) is 0 Å². The molecular formula is C13H8F5IO2. The van der Waals surface area contributed by atoms with E-state index in [4.69, 9.17) is 4.74 Å². The Morgan fingerprint density at radius 1 is 1.05 bits per heavy atom. The highest BCUT2D eigenvalue weighted by Crippen LogP contribution is 2.29. The first-order valence-electron chi connectivity index (χ1n) is 5.92. The second kappa shape index (κ2) is 6.29. The number of carbonyl (C=O) groups excluding carboxylic acids is 1. The molecule has 0 radical (unpaired) electrons. The average molecular weight is 418 g/mol. The van der Waals surface area contributed by atoms with Gasteiger partial charge in [-0.3, -0.25) is 0 Å². The van der Waals surface area contributed by atoms with Gasteiger partial charge < -0.3 is 4.74 Å². The molecular weight excluding hydrogens is 410 g/mol. The second-order valence-electron chi connectivity index (χ2n) is 4.36. The Hall–Kier alpha value is -1.19. The van der Waals surface area contributed by atoms with E-state index in [1.165, 1.54) is 0 Å². The van der Waals surface area contributed by atoms with Crippen LogP contribution in [0.4, 0.5) is 22.0 Å². The zero-order valence-corrected chi connectivity index (χ0v) is 12.5. The highest BCUT2D eigenvalue weighted by molar-refractivity contribution is 14.1. The van der Waals surface area contributed by atoms with Crippen LogP contribution in [0.25, 0.3) is 0 Å². The molecule has 21 heavy (non-hydrogen) atoms. The van der Waals surface area contributed by atoms with Crippen LogP contribution in [0.3, 0.4) is 0 Å². The minimum atomic E-state index is -2.31. The number of ether oxygens (including phenoxy) is 1. The second-order valence-corrected chi connectivity index (χ2v) is 5.60. The lowest BCUT2D eigenvalue weighted by atomic mass is 10.1. The van der Waals surface area contributed by atoms with Crippen molar-refractivity contribution in [3.05, 3.63) is 44.3 Å². The summed E-state index contributed by atoms with van der Waals surface area (Å²) < 4.78 is 71.4. The maximum Gasteiger partial charge on any atom is 0.345 e. The molecule has 0 amide bonds. The Balaban J connectivity index is 2.36. The first kappa shape index (κ1) is 16.2. The molecule has 0 fully saturated rings. The van der Waals surface area contributed by atoms with Crippen molar-refractivity contribution in [2.75, 3.05) is 0 Å². The monoisotopic (exact) mass is 418 g/mol. The zero-order chi connectivity index (χ0) is 15.7. The Morgan fingerprint density at radius 2 is 1.57 bits per heavy atom. The molecule has 114 valence electrons. The summed E-state index contributed by atoms with van der Waals surface area (Å²) >= 11 is 1.90. The van der Waals surface area contributed by atoms with Gasteiger partial charge in [-0.15, -0.1) is 0 Å². The lowest BCUT2D eigenvalue weighted by Crippen LogP contribution is -2.23. The fourth-order valence-electron chi connectivity index (χ4n) is 1.90. The summed E-state index contributed by atoms with van der Waals surface area (Å²) in [6.45, 7) is 0. The minimum absolute atomic E-state index is 0.426. The van der Waals surface area contributed by atoms with E-state index >= 15 is 0 Å². The Kier molecular flexibility index (Phi) is 4.84. The molecule has 0 spiro atoms. The predicted molar refractivity (Wildman–Crippen MR) is 71.4 cm³/mol. The first-order valence-corrected chi connectivity index (χ1v) is 7.00. The van der Waals surface area contributed by atoms with Crippen molar-refractivity contribution in [1.82, 2.24) is 0 Å². The summed E-state index contributed by atoms with van der Waals surface area (Å²) in [5, 5.41) is 0. The molecule has 0 aromatic heterocycles. The fraction of sp³-hybridized carbons (Fsp3) is 0.308. The van der Waals surface area contributed by atoms with E-state index in [9.17, 15) is 26.7 Å². The van der Waals surface area contributed by atoms with Gasteiger partial charge in [-0.1, -0.05) is 6.08 Å². The van der Waals surface area contributed by atoms with Crippen molar-refractivity contribution in [3.63, 3.8) is 0 Å². The van der Waals surface area contributed by atoms with E-state index in [1.807, 2.05) is 22.6 Å². The number of halogens is 6. The van der Waals surface area contributed by atoms with Crippen molar-refractivity contribution < 1.29 is 31.5 Å². The summed E-state index contributed by atoms with van der Waals surface area (Å²) in [5.74, 6) is -12.6. The molecule has 0 saturated carbocycles. The predicted octanol–water partition coefficient (Wildman–Crippen LogP) is 4.41. The Morgan fingerprint density at radius 3 is 2.10 bits per heavy atom. The quantitative estimate of drug-likeness (QED) is 0.234. The molecule has 8 heteroatoms. The Bertz CT molecular complexity index is 600. The van der Waals surface area contributed by atoms with E-state index < -0.39 is 46.7 Å². The van der Waals surface area contributed by atoms with Gasteiger partial charge in [-0.05, 0) is 41.9 Å². The SMILES string of the molecule is O=C(O[C@@H]1CCCC=C1I)c1c(F)c(F)c(F)c(F)c1F. The third-order valence-corrected chi connectivity index (χ3v) is 4.12. The van der Waals surface area contributed by atoms with Gasteiger partial charge in [0, 0.05) is 3.58 Å². The van der Waals surface area contributed by atoms with Crippen LogP contribution in [0, 0.1) is 29.1 Å². The largest absolute Gasteiger partial charge is 0.453 e. The van der Waals surface area contributed by atoms with Crippen LogP contribution in [0.2, 0.25) is 0 Å². The molecule has 0 aliphatic heterocycles. The number of rotatable bonds is 2. The molecule has 0 heterocycles. The topological polar surface area (TPSA) is 26.3 Å². The highest BCUT2D eigenvalue weighted by atomic mass is 127.